The third-order valence-corrected chi connectivity index (χ3v) is 1.17. The molecule has 2 heteroatoms. The van der Waals surface area contributed by atoms with Gasteiger partial charge in [-0.2, -0.15) is 0 Å². The molecule has 0 spiro atoms. The van der Waals surface area contributed by atoms with Gasteiger partial charge in [0.2, 0.25) is 0 Å². The van der Waals surface area contributed by atoms with E-state index in [1.54, 1.807) is 0 Å². The molecule has 0 saturated heterocycles. The van der Waals surface area contributed by atoms with Crippen LogP contribution in [-0.4, -0.2) is 18.1 Å². The Morgan fingerprint density at radius 1 is 1.56 bits per heavy atom. The Balaban J connectivity index is 3.83. The molecule has 0 aromatic heterocycles. The predicted octanol–water partition coefficient (Wildman–Crippen LogP) is 1.36. The Hall–Kier alpha value is -0.500. The molecular formula is C7H16N2. The molecule has 0 atom stereocenters. The lowest BCUT2D eigenvalue weighted by molar-refractivity contribution is 0.219. The van der Waals surface area contributed by atoms with Gasteiger partial charge in [0.05, 0.1) is 0 Å². The van der Waals surface area contributed by atoms with Crippen molar-refractivity contribution in [3.8, 4) is 0 Å². The van der Waals surface area contributed by atoms with Gasteiger partial charge in [0, 0.05) is 18.8 Å². The van der Waals surface area contributed by atoms with Gasteiger partial charge >= 0.3 is 0 Å². The highest BCUT2D eigenvalue weighted by molar-refractivity contribution is 4.87. The second kappa shape index (κ2) is 3.51. The van der Waals surface area contributed by atoms with Crippen molar-refractivity contribution >= 4 is 0 Å². The normalized spacial score (nSPS) is 9.89. The Labute approximate surface area is 57.5 Å². The van der Waals surface area contributed by atoms with Gasteiger partial charge in [-0.25, -0.2) is 5.43 Å². The summed E-state index contributed by atoms with van der Waals surface area (Å²) in [5.74, 6) is 0. The van der Waals surface area contributed by atoms with Gasteiger partial charge < -0.3 is 5.01 Å². The van der Waals surface area contributed by atoms with E-state index in [1.165, 1.54) is 0 Å². The second-order valence-electron chi connectivity index (χ2n) is 2.42. The maximum absolute atomic E-state index is 3.81. The zero-order chi connectivity index (χ0) is 7.44. The summed E-state index contributed by atoms with van der Waals surface area (Å²) < 4.78 is 0. The van der Waals surface area contributed by atoms with Crippen molar-refractivity contribution in [2.24, 2.45) is 0 Å². The SMILES string of the molecule is C=C(C)N(NC)C(C)C. The fraction of sp³-hybridized carbons (Fsp3) is 0.714. The number of nitrogens with one attached hydrogen (secondary N) is 1. The number of rotatable bonds is 3. The molecule has 2 nitrogen and oxygen atoms in total. The zero-order valence-corrected chi connectivity index (χ0v) is 6.73. The van der Waals surface area contributed by atoms with Crippen LogP contribution in [0.4, 0.5) is 0 Å². The highest BCUT2D eigenvalue weighted by Gasteiger charge is 2.03. The van der Waals surface area contributed by atoms with Crippen molar-refractivity contribution in [2.75, 3.05) is 7.05 Å². The van der Waals surface area contributed by atoms with E-state index in [2.05, 4.69) is 25.9 Å². The maximum Gasteiger partial charge on any atom is 0.0394 e. The van der Waals surface area contributed by atoms with Crippen LogP contribution in [0.5, 0.6) is 0 Å². The summed E-state index contributed by atoms with van der Waals surface area (Å²) in [5, 5.41) is 2.01. The van der Waals surface area contributed by atoms with E-state index in [0.29, 0.717) is 6.04 Å². The summed E-state index contributed by atoms with van der Waals surface area (Å²) in [6, 6.07) is 0.479. The van der Waals surface area contributed by atoms with Gasteiger partial charge in [-0.05, 0) is 20.8 Å². The Kier molecular flexibility index (Phi) is 3.32. The first-order chi connectivity index (χ1) is 4.09. The smallest absolute Gasteiger partial charge is 0.0394 e. The number of hydrogen-bond acceptors (Lipinski definition) is 2. The first-order valence-electron chi connectivity index (χ1n) is 3.21. The molecule has 0 aromatic rings. The topological polar surface area (TPSA) is 15.3 Å². The Morgan fingerprint density at radius 2 is 2.00 bits per heavy atom. The zero-order valence-electron chi connectivity index (χ0n) is 6.73. The highest BCUT2D eigenvalue weighted by atomic mass is 15.5. The molecule has 0 aliphatic heterocycles. The van der Waals surface area contributed by atoms with Gasteiger partial charge in [-0.15, -0.1) is 0 Å². The van der Waals surface area contributed by atoms with Gasteiger partial charge in [0.15, 0.2) is 0 Å². The quantitative estimate of drug-likeness (QED) is 0.577. The predicted molar refractivity (Wildman–Crippen MR) is 40.8 cm³/mol. The molecule has 0 radical (unpaired) electrons. The second-order valence-corrected chi connectivity index (χ2v) is 2.42. The lowest BCUT2D eigenvalue weighted by Gasteiger charge is -2.27. The van der Waals surface area contributed by atoms with Crippen molar-refractivity contribution in [3.63, 3.8) is 0 Å². The standard InChI is InChI=1S/C7H16N2/c1-6(2)9(8-5)7(3)4/h7-8H,1H2,2-5H3. The largest absolute Gasteiger partial charge is 0.311 e. The fourth-order valence-electron chi connectivity index (χ4n) is 0.890. The fourth-order valence-corrected chi connectivity index (χ4v) is 0.890. The minimum absolute atomic E-state index is 0.479. The van der Waals surface area contributed by atoms with Gasteiger partial charge in [0.25, 0.3) is 0 Å². The minimum Gasteiger partial charge on any atom is -0.311 e. The first kappa shape index (κ1) is 8.50. The molecule has 0 aromatic carbocycles. The molecule has 0 rings (SSSR count). The molecule has 0 fully saturated rings. The van der Waals surface area contributed by atoms with E-state index in [0.717, 1.165) is 5.70 Å². The maximum atomic E-state index is 3.81. The van der Waals surface area contributed by atoms with Crippen LogP contribution in [0.25, 0.3) is 0 Å². The van der Waals surface area contributed by atoms with Gasteiger partial charge in [-0.3, -0.25) is 0 Å². The number of allylic oxidation sites excluding steroid dienone is 1. The molecule has 0 aliphatic rings. The van der Waals surface area contributed by atoms with Crippen LogP contribution in [0.15, 0.2) is 12.3 Å². The summed E-state index contributed by atoms with van der Waals surface area (Å²) >= 11 is 0. The highest BCUT2D eigenvalue weighted by Crippen LogP contribution is 2.00. The van der Waals surface area contributed by atoms with E-state index in [4.69, 9.17) is 0 Å². The Morgan fingerprint density at radius 3 is 2.00 bits per heavy atom. The lowest BCUT2D eigenvalue weighted by Crippen LogP contribution is -2.38. The molecular weight excluding hydrogens is 112 g/mol. The summed E-state index contributed by atoms with van der Waals surface area (Å²) in [4.78, 5) is 0. The third kappa shape index (κ3) is 2.51. The summed E-state index contributed by atoms with van der Waals surface area (Å²) in [6.07, 6.45) is 0. The van der Waals surface area contributed by atoms with Crippen LogP contribution in [0, 0.1) is 0 Å². The van der Waals surface area contributed by atoms with Crippen LogP contribution in [-0.2, 0) is 0 Å². The van der Waals surface area contributed by atoms with Crippen molar-refractivity contribution < 1.29 is 0 Å². The van der Waals surface area contributed by atoms with Crippen molar-refractivity contribution in [3.05, 3.63) is 12.3 Å². The number of hydrogen-bond donors (Lipinski definition) is 1. The molecule has 0 heterocycles. The Bertz CT molecular complexity index is 97.1. The average molecular weight is 128 g/mol. The molecule has 1 N–H and O–H groups in total. The molecule has 54 valence electrons. The molecule has 9 heavy (non-hydrogen) atoms. The van der Waals surface area contributed by atoms with E-state index in [1.807, 2.05) is 19.0 Å². The monoisotopic (exact) mass is 128 g/mol. The van der Waals surface area contributed by atoms with E-state index < -0.39 is 0 Å². The first-order valence-corrected chi connectivity index (χ1v) is 3.21. The van der Waals surface area contributed by atoms with Crippen LogP contribution in [0.2, 0.25) is 0 Å². The summed E-state index contributed by atoms with van der Waals surface area (Å²) in [6.45, 7) is 10.0. The molecule has 0 amide bonds. The van der Waals surface area contributed by atoms with E-state index in [9.17, 15) is 0 Å². The van der Waals surface area contributed by atoms with Crippen LogP contribution < -0.4 is 5.43 Å². The van der Waals surface area contributed by atoms with Crippen LogP contribution in [0.1, 0.15) is 20.8 Å². The van der Waals surface area contributed by atoms with E-state index in [-0.39, 0.29) is 0 Å². The molecule has 0 bridgehead atoms. The van der Waals surface area contributed by atoms with Gasteiger partial charge in [-0.1, -0.05) is 6.58 Å². The third-order valence-electron chi connectivity index (χ3n) is 1.17. The summed E-state index contributed by atoms with van der Waals surface area (Å²) in [5.41, 5.74) is 4.08. The lowest BCUT2D eigenvalue weighted by atomic mass is 10.3. The van der Waals surface area contributed by atoms with Crippen LogP contribution in [0.3, 0.4) is 0 Å². The molecule has 0 aliphatic carbocycles. The van der Waals surface area contributed by atoms with Crippen molar-refractivity contribution in [1.82, 2.24) is 10.4 Å². The van der Waals surface area contributed by atoms with Crippen molar-refractivity contribution in [1.29, 1.82) is 0 Å². The minimum atomic E-state index is 0.479. The van der Waals surface area contributed by atoms with Crippen LogP contribution >= 0.6 is 0 Å². The number of hydrazine groups is 1. The molecule has 0 unspecified atom stereocenters. The number of nitrogens with zero attached hydrogens (tertiary/aromatic N) is 1. The summed E-state index contributed by atoms with van der Waals surface area (Å²) in [7, 11) is 1.90. The molecule has 0 saturated carbocycles. The van der Waals surface area contributed by atoms with E-state index >= 15 is 0 Å². The average Bonchev–Trinajstić information content (AvgIpc) is 1.64. The van der Waals surface area contributed by atoms with Crippen molar-refractivity contribution in [2.45, 2.75) is 26.8 Å². The van der Waals surface area contributed by atoms with Gasteiger partial charge in [0.1, 0.15) is 0 Å².